The smallest absolute Gasteiger partial charge is 0.333 e. The molecular weight excluding hydrogens is 172 g/mol. The maximum Gasteiger partial charge on any atom is 0.333 e. The van der Waals surface area contributed by atoms with Gasteiger partial charge in [0.25, 0.3) is 0 Å². The standard InChI is InChI=1S/C9H16O4/c1-3-4-12-5-6-13-7-8(2)9(10)11/h2-7H2,1H3,(H,10,11). The Morgan fingerprint density at radius 3 is 2.46 bits per heavy atom. The minimum atomic E-state index is -1.02. The fourth-order valence-electron chi connectivity index (χ4n) is 0.621. The molecule has 0 spiro atoms. The largest absolute Gasteiger partial charge is 0.478 e. The first kappa shape index (κ1) is 12.1. The molecule has 0 saturated heterocycles. The van der Waals surface area contributed by atoms with Crippen molar-refractivity contribution in [2.75, 3.05) is 26.4 Å². The van der Waals surface area contributed by atoms with Crippen molar-refractivity contribution in [1.82, 2.24) is 0 Å². The van der Waals surface area contributed by atoms with Gasteiger partial charge in [-0.15, -0.1) is 0 Å². The van der Waals surface area contributed by atoms with Crippen molar-refractivity contribution in [3.05, 3.63) is 12.2 Å². The number of hydrogen-bond donors (Lipinski definition) is 1. The Kier molecular flexibility index (Phi) is 7.24. The number of carbonyl (C=O) groups is 1. The number of carboxylic acids is 1. The summed E-state index contributed by atoms with van der Waals surface area (Å²) in [6.45, 7) is 7.03. The third-order valence-electron chi connectivity index (χ3n) is 1.30. The van der Waals surface area contributed by atoms with E-state index in [2.05, 4.69) is 6.58 Å². The van der Waals surface area contributed by atoms with Crippen molar-refractivity contribution in [3.8, 4) is 0 Å². The van der Waals surface area contributed by atoms with E-state index < -0.39 is 5.97 Å². The second-order valence-electron chi connectivity index (χ2n) is 2.57. The number of hydrogen-bond acceptors (Lipinski definition) is 3. The predicted molar refractivity (Wildman–Crippen MR) is 48.7 cm³/mol. The fourth-order valence-corrected chi connectivity index (χ4v) is 0.621. The van der Waals surface area contributed by atoms with Gasteiger partial charge in [-0.1, -0.05) is 13.5 Å². The summed E-state index contributed by atoms with van der Waals surface area (Å²) >= 11 is 0. The topological polar surface area (TPSA) is 55.8 Å². The van der Waals surface area contributed by atoms with E-state index in [-0.39, 0.29) is 12.2 Å². The van der Waals surface area contributed by atoms with Crippen LogP contribution in [0.15, 0.2) is 12.2 Å². The van der Waals surface area contributed by atoms with Gasteiger partial charge >= 0.3 is 5.97 Å². The van der Waals surface area contributed by atoms with E-state index in [1.54, 1.807) is 0 Å². The van der Waals surface area contributed by atoms with Crippen LogP contribution in [0.4, 0.5) is 0 Å². The molecule has 0 aliphatic carbocycles. The van der Waals surface area contributed by atoms with Gasteiger partial charge in [-0.05, 0) is 6.42 Å². The van der Waals surface area contributed by atoms with Crippen molar-refractivity contribution in [3.63, 3.8) is 0 Å². The molecular formula is C9H16O4. The van der Waals surface area contributed by atoms with Crippen LogP contribution in [0, 0.1) is 0 Å². The van der Waals surface area contributed by atoms with Crippen molar-refractivity contribution in [2.45, 2.75) is 13.3 Å². The summed E-state index contributed by atoms with van der Waals surface area (Å²) in [7, 11) is 0. The van der Waals surface area contributed by atoms with E-state index in [0.717, 1.165) is 6.42 Å². The summed E-state index contributed by atoms with van der Waals surface area (Å²) in [5.41, 5.74) is 0.0653. The summed E-state index contributed by atoms with van der Waals surface area (Å²) in [4.78, 5) is 10.3. The van der Waals surface area contributed by atoms with Crippen LogP contribution in [0.2, 0.25) is 0 Å². The first-order valence-corrected chi connectivity index (χ1v) is 4.25. The molecule has 0 fully saturated rings. The van der Waals surface area contributed by atoms with E-state index >= 15 is 0 Å². The van der Waals surface area contributed by atoms with Gasteiger partial charge < -0.3 is 14.6 Å². The van der Waals surface area contributed by atoms with Crippen LogP contribution < -0.4 is 0 Å². The molecule has 0 aromatic carbocycles. The van der Waals surface area contributed by atoms with Crippen molar-refractivity contribution >= 4 is 5.97 Å². The minimum absolute atomic E-state index is 0.0603. The average molecular weight is 188 g/mol. The summed E-state index contributed by atoms with van der Waals surface area (Å²) in [6, 6.07) is 0. The molecule has 1 N–H and O–H groups in total. The molecule has 4 nitrogen and oxygen atoms in total. The lowest BCUT2D eigenvalue weighted by molar-refractivity contribution is -0.133. The zero-order valence-corrected chi connectivity index (χ0v) is 7.91. The van der Waals surface area contributed by atoms with Gasteiger partial charge in [0.15, 0.2) is 0 Å². The Labute approximate surface area is 78.2 Å². The third kappa shape index (κ3) is 7.49. The molecule has 0 aliphatic rings. The predicted octanol–water partition coefficient (Wildman–Crippen LogP) is 1.07. The monoisotopic (exact) mass is 188 g/mol. The molecule has 13 heavy (non-hydrogen) atoms. The molecule has 4 heteroatoms. The highest BCUT2D eigenvalue weighted by Gasteiger charge is 2.02. The van der Waals surface area contributed by atoms with Crippen molar-refractivity contribution < 1.29 is 19.4 Å². The van der Waals surface area contributed by atoms with Crippen LogP contribution in [0.5, 0.6) is 0 Å². The summed E-state index contributed by atoms with van der Waals surface area (Å²) in [6.07, 6.45) is 0.974. The van der Waals surface area contributed by atoms with E-state index in [9.17, 15) is 4.79 Å². The van der Waals surface area contributed by atoms with E-state index in [1.165, 1.54) is 0 Å². The maximum atomic E-state index is 10.3. The summed E-state index contributed by atoms with van der Waals surface area (Å²) < 4.78 is 10.1. The molecule has 0 bridgehead atoms. The molecule has 0 radical (unpaired) electrons. The first-order valence-electron chi connectivity index (χ1n) is 4.25. The third-order valence-corrected chi connectivity index (χ3v) is 1.30. The fraction of sp³-hybridized carbons (Fsp3) is 0.667. The van der Waals surface area contributed by atoms with Crippen molar-refractivity contribution in [1.29, 1.82) is 0 Å². The van der Waals surface area contributed by atoms with Crippen molar-refractivity contribution in [2.24, 2.45) is 0 Å². The molecule has 0 aromatic rings. The first-order chi connectivity index (χ1) is 6.18. The van der Waals surface area contributed by atoms with Crippen LogP contribution in [0.25, 0.3) is 0 Å². The van der Waals surface area contributed by atoms with Crippen LogP contribution in [0.1, 0.15) is 13.3 Å². The van der Waals surface area contributed by atoms with Gasteiger partial charge in [0.05, 0.1) is 25.4 Å². The van der Waals surface area contributed by atoms with E-state index in [1.807, 2.05) is 6.92 Å². The lowest BCUT2D eigenvalue weighted by Crippen LogP contribution is -2.10. The normalized spacial score (nSPS) is 9.92. The highest BCUT2D eigenvalue weighted by Crippen LogP contribution is 1.91. The van der Waals surface area contributed by atoms with E-state index in [0.29, 0.717) is 19.8 Å². The Morgan fingerprint density at radius 2 is 1.92 bits per heavy atom. The Balaban J connectivity index is 3.16. The molecule has 0 atom stereocenters. The lowest BCUT2D eigenvalue weighted by Gasteiger charge is -2.04. The zero-order valence-electron chi connectivity index (χ0n) is 7.91. The average Bonchev–Trinajstić information content (AvgIpc) is 2.10. The number of rotatable bonds is 8. The molecule has 0 saturated carbocycles. The molecule has 0 rings (SSSR count). The number of carboxylic acid groups (broad SMARTS) is 1. The van der Waals surface area contributed by atoms with Gasteiger partial charge in [-0.2, -0.15) is 0 Å². The van der Waals surface area contributed by atoms with Gasteiger partial charge in [0, 0.05) is 6.61 Å². The van der Waals surface area contributed by atoms with Crippen LogP contribution in [0.3, 0.4) is 0 Å². The highest BCUT2D eigenvalue weighted by molar-refractivity contribution is 5.85. The van der Waals surface area contributed by atoms with Gasteiger partial charge in [0.1, 0.15) is 0 Å². The number of ether oxygens (including phenoxy) is 2. The van der Waals surface area contributed by atoms with Gasteiger partial charge in [-0.25, -0.2) is 4.79 Å². The quantitative estimate of drug-likeness (QED) is 0.457. The molecule has 0 aromatic heterocycles. The highest BCUT2D eigenvalue weighted by atomic mass is 16.5. The Morgan fingerprint density at radius 1 is 1.31 bits per heavy atom. The van der Waals surface area contributed by atoms with Gasteiger partial charge in [-0.3, -0.25) is 0 Å². The summed E-state index contributed by atoms with van der Waals surface area (Å²) in [5.74, 6) is -1.02. The van der Waals surface area contributed by atoms with E-state index in [4.69, 9.17) is 14.6 Å². The molecule has 76 valence electrons. The Hall–Kier alpha value is -0.870. The molecule has 0 amide bonds. The zero-order chi connectivity index (χ0) is 10.1. The van der Waals surface area contributed by atoms with Gasteiger partial charge in [0.2, 0.25) is 0 Å². The molecule has 0 unspecified atom stereocenters. The number of aliphatic carboxylic acids is 1. The summed E-state index contributed by atoms with van der Waals surface area (Å²) in [5, 5.41) is 8.41. The maximum absolute atomic E-state index is 10.3. The second kappa shape index (κ2) is 7.76. The second-order valence-corrected chi connectivity index (χ2v) is 2.57. The van der Waals surface area contributed by atoms with Crippen LogP contribution >= 0.6 is 0 Å². The molecule has 0 aliphatic heterocycles. The lowest BCUT2D eigenvalue weighted by atomic mass is 10.3. The SMILES string of the molecule is C=C(COCCOCCC)C(=O)O. The van der Waals surface area contributed by atoms with Crippen LogP contribution in [-0.4, -0.2) is 37.5 Å². The van der Waals surface area contributed by atoms with Crippen LogP contribution in [-0.2, 0) is 14.3 Å². The minimum Gasteiger partial charge on any atom is -0.478 e. The molecule has 0 heterocycles. The Bertz CT molecular complexity index is 165.